The van der Waals surface area contributed by atoms with Gasteiger partial charge in [-0.1, -0.05) is 37.6 Å². The van der Waals surface area contributed by atoms with Crippen LogP contribution in [0.2, 0.25) is 5.02 Å². The van der Waals surface area contributed by atoms with Crippen molar-refractivity contribution in [1.29, 1.82) is 0 Å². The van der Waals surface area contributed by atoms with Crippen LogP contribution < -0.4 is 0 Å². The Balaban J connectivity index is 2.80. The second kappa shape index (κ2) is 4.73. The fourth-order valence-electron chi connectivity index (χ4n) is 1.74. The molecule has 0 spiro atoms. The molecule has 0 radical (unpaired) electrons. The fraction of sp³-hybridized carbons (Fsp3) is 0.455. The molecule has 0 aliphatic carbocycles. The summed E-state index contributed by atoms with van der Waals surface area (Å²) in [5.41, 5.74) is 0.444. The smallest absolute Gasteiger partial charge is 0.265 e. The molecule has 0 saturated heterocycles. The zero-order valence-electron chi connectivity index (χ0n) is 9.27. The van der Waals surface area contributed by atoms with Crippen LogP contribution in [0.4, 0.5) is 0 Å². The van der Waals surface area contributed by atoms with E-state index in [0.717, 1.165) is 5.56 Å². The lowest BCUT2D eigenvalue weighted by Gasteiger charge is -2.22. The average molecular weight is 263 g/mol. The van der Waals surface area contributed by atoms with E-state index >= 15 is 0 Å². The van der Waals surface area contributed by atoms with Gasteiger partial charge < -0.3 is 0 Å². The molecule has 0 aromatic heterocycles. The lowest BCUT2D eigenvalue weighted by molar-refractivity contribution is 0.387. The molecule has 0 unspecified atom stereocenters. The molecule has 1 N–H and O–H groups in total. The Morgan fingerprint density at radius 2 is 2.00 bits per heavy atom. The van der Waals surface area contributed by atoms with Crippen molar-refractivity contribution in [3.8, 4) is 0 Å². The summed E-state index contributed by atoms with van der Waals surface area (Å²) in [6.45, 7) is 3.59. The van der Waals surface area contributed by atoms with Crippen LogP contribution in [0, 0.1) is 5.41 Å². The summed E-state index contributed by atoms with van der Waals surface area (Å²) < 4.78 is 30.5. The minimum absolute atomic E-state index is 0.257. The maximum atomic E-state index is 10.8. The molecular formula is C11H15ClO3S. The first kappa shape index (κ1) is 13.5. The summed E-state index contributed by atoms with van der Waals surface area (Å²) >= 11 is 5.84. The van der Waals surface area contributed by atoms with Crippen molar-refractivity contribution >= 4 is 21.7 Å². The second-order valence-corrected chi connectivity index (χ2v) is 6.59. The van der Waals surface area contributed by atoms with Crippen molar-refractivity contribution in [2.75, 3.05) is 5.75 Å². The molecule has 90 valence electrons. The second-order valence-electron chi connectivity index (χ2n) is 4.70. The zero-order valence-corrected chi connectivity index (χ0v) is 10.8. The summed E-state index contributed by atoms with van der Waals surface area (Å²) in [4.78, 5) is 0. The molecule has 1 aromatic rings. The molecule has 1 rings (SSSR count). The van der Waals surface area contributed by atoms with Crippen molar-refractivity contribution < 1.29 is 13.0 Å². The first-order valence-corrected chi connectivity index (χ1v) is 6.86. The third-order valence-electron chi connectivity index (χ3n) is 2.14. The first-order valence-electron chi connectivity index (χ1n) is 4.88. The van der Waals surface area contributed by atoms with E-state index in [9.17, 15) is 8.42 Å². The van der Waals surface area contributed by atoms with Crippen molar-refractivity contribution in [3.05, 3.63) is 34.9 Å². The van der Waals surface area contributed by atoms with E-state index in [4.69, 9.17) is 16.2 Å². The van der Waals surface area contributed by atoms with Crippen molar-refractivity contribution in [3.63, 3.8) is 0 Å². The van der Waals surface area contributed by atoms with Crippen LogP contribution in [-0.2, 0) is 16.5 Å². The number of halogens is 1. The Morgan fingerprint density at radius 1 is 1.38 bits per heavy atom. The van der Waals surface area contributed by atoms with E-state index in [1.807, 2.05) is 12.1 Å². The number of hydrogen-bond acceptors (Lipinski definition) is 2. The van der Waals surface area contributed by atoms with E-state index in [1.54, 1.807) is 26.0 Å². The number of rotatable bonds is 4. The summed E-state index contributed by atoms with van der Waals surface area (Å²) in [6.07, 6.45) is 0.549. The van der Waals surface area contributed by atoms with Crippen molar-refractivity contribution in [2.45, 2.75) is 20.3 Å². The maximum absolute atomic E-state index is 10.8. The standard InChI is InChI=1S/C11H15ClO3S/c1-11(2,8-16(13,14)15)7-9-4-3-5-10(12)6-9/h3-6H,7-8H2,1-2H3,(H,13,14,15). The summed E-state index contributed by atoms with van der Waals surface area (Å²) in [6, 6.07) is 7.27. The third kappa shape index (κ3) is 4.96. The van der Waals surface area contributed by atoms with Crippen molar-refractivity contribution in [1.82, 2.24) is 0 Å². The number of hydrogen-bond donors (Lipinski definition) is 1. The minimum atomic E-state index is -3.95. The Labute approximate surface area is 101 Å². The van der Waals surface area contributed by atoms with Crippen LogP contribution in [0.5, 0.6) is 0 Å². The normalized spacial score (nSPS) is 12.8. The lowest BCUT2D eigenvalue weighted by Crippen LogP contribution is -2.25. The van der Waals surface area contributed by atoms with Crippen LogP contribution in [-0.4, -0.2) is 18.7 Å². The Morgan fingerprint density at radius 3 is 2.50 bits per heavy atom. The molecule has 16 heavy (non-hydrogen) atoms. The van der Waals surface area contributed by atoms with Gasteiger partial charge in [-0.2, -0.15) is 8.42 Å². The van der Waals surface area contributed by atoms with Gasteiger partial charge in [-0.15, -0.1) is 0 Å². The van der Waals surface area contributed by atoms with Gasteiger partial charge in [-0.3, -0.25) is 4.55 Å². The Kier molecular flexibility index (Phi) is 3.99. The maximum Gasteiger partial charge on any atom is 0.265 e. The Hall–Kier alpha value is -0.580. The molecular weight excluding hydrogens is 248 g/mol. The molecule has 3 nitrogen and oxygen atoms in total. The monoisotopic (exact) mass is 262 g/mol. The molecule has 0 atom stereocenters. The molecule has 1 aromatic carbocycles. The van der Waals surface area contributed by atoms with E-state index in [1.165, 1.54) is 0 Å². The van der Waals surface area contributed by atoms with Gasteiger partial charge in [0.05, 0.1) is 5.75 Å². The van der Waals surface area contributed by atoms with Gasteiger partial charge >= 0.3 is 0 Å². The van der Waals surface area contributed by atoms with Gasteiger partial charge in [0, 0.05) is 5.02 Å². The molecule has 0 fully saturated rings. The van der Waals surface area contributed by atoms with E-state index in [-0.39, 0.29) is 5.75 Å². The predicted molar refractivity (Wildman–Crippen MR) is 65.4 cm³/mol. The van der Waals surface area contributed by atoms with Gasteiger partial charge in [0.25, 0.3) is 10.1 Å². The Bertz CT molecular complexity index is 466. The summed E-state index contributed by atoms with van der Waals surface area (Å²) in [5.74, 6) is -0.257. The van der Waals surface area contributed by atoms with Crippen LogP contribution in [0.3, 0.4) is 0 Å². The third-order valence-corrected chi connectivity index (χ3v) is 3.53. The van der Waals surface area contributed by atoms with Crippen LogP contribution in [0.1, 0.15) is 19.4 Å². The highest BCUT2D eigenvalue weighted by atomic mass is 35.5. The first-order chi connectivity index (χ1) is 7.18. The SMILES string of the molecule is CC(C)(Cc1cccc(Cl)c1)CS(=O)(=O)O. The molecule has 0 aliphatic rings. The molecule has 0 saturated carbocycles. The van der Waals surface area contributed by atoms with Gasteiger partial charge in [0.15, 0.2) is 0 Å². The quantitative estimate of drug-likeness (QED) is 0.849. The highest BCUT2D eigenvalue weighted by molar-refractivity contribution is 7.85. The zero-order chi connectivity index (χ0) is 12.4. The number of benzene rings is 1. The van der Waals surface area contributed by atoms with E-state index < -0.39 is 15.5 Å². The molecule has 0 bridgehead atoms. The van der Waals surface area contributed by atoms with E-state index in [0.29, 0.717) is 11.4 Å². The molecule has 0 heterocycles. The van der Waals surface area contributed by atoms with Gasteiger partial charge in [-0.05, 0) is 29.5 Å². The van der Waals surface area contributed by atoms with Crippen LogP contribution >= 0.6 is 11.6 Å². The average Bonchev–Trinajstić information content (AvgIpc) is 1.96. The van der Waals surface area contributed by atoms with Crippen LogP contribution in [0.25, 0.3) is 0 Å². The predicted octanol–water partition coefficient (Wildman–Crippen LogP) is 2.80. The molecule has 0 aliphatic heterocycles. The van der Waals surface area contributed by atoms with Gasteiger partial charge in [0.2, 0.25) is 0 Å². The highest BCUT2D eigenvalue weighted by Crippen LogP contribution is 2.24. The molecule has 5 heteroatoms. The van der Waals surface area contributed by atoms with Gasteiger partial charge in [-0.25, -0.2) is 0 Å². The molecule has 0 amide bonds. The summed E-state index contributed by atoms with van der Waals surface area (Å²) in [5, 5.41) is 0.625. The topological polar surface area (TPSA) is 54.4 Å². The van der Waals surface area contributed by atoms with Gasteiger partial charge in [0.1, 0.15) is 0 Å². The minimum Gasteiger partial charge on any atom is -0.286 e. The summed E-state index contributed by atoms with van der Waals surface area (Å²) in [7, 11) is -3.95. The lowest BCUT2D eigenvalue weighted by atomic mass is 9.88. The largest absolute Gasteiger partial charge is 0.286 e. The highest BCUT2D eigenvalue weighted by Gasteiger charge is 2.25. The fourth-order valence-corrected chi connectivity index (χ4v) is 3.05. The van der Waals surface area contributed by atoms with Crippen molar-refractivity contribution in [2.24, 2.45) is 5.41 Å². The van der Waals surface area contributed by atoms with Crippen LogP contribution in [0.15, 0.2) is 24.3 Å². The van der Waals surface area contributed by atoms with E-state index in [2.05, 4.69) is 0 Å².